The minimum atomic E-state index is -1.24. The summed E-state index contributed by atoms with van der Waals surface area (Å²) in [4.78, 5) is 46.2. The van der Waals surface area contributed by atoms with Crippen molar-refractivity contribution < 1.29 is 29.0 Å². The number of carbonyl (C=O) groups excluding carboxylic acids is 3. The smallest absolute Gasteiger partial charge is 0.312 e. The van der Waals surface area contributed by atoms with Crippen LogP contribution < -0.4 is 4.90 Å². The van der Waals surface area contributed by atoms with Gasteiger partial charge in [-0.3, -0.25) is 14.4 Å². The third-order valence-corrected chi connectivity index (χ3v) is 10.0. The molecule has 3 saturated heterocycles. The summed E-state index contributed by atoms with van der Waals surface area (Å²) in [5.74, 6) is -3.00. The van der Waals surface area contributed by atoms with Crippen molar-refractivity contribution in [1.82, 2.24) is 4.90 Å². The minimum absolute atomic E-state index is 0.106. The molecule has 0 radical (unpaired) electrons. The molecular weight excluding hydrogens is 556 g/mol. The first-order valence-corrected chi connectivity index (χ1v) is 15.6. The summed E-state index contributed by atoms with van der Waals surface area (Å²) < 4.78 is 12.6. The van der Waals surface area contributed by atoms with Crippen LogP contribution in [-0.2, 0) is 23.9 Å². The molecule has 9 heteroatoms. The maximum Gasteiger partial charge on any atom is 0.312 e. The number of benzene rings is 1. The van der Waals surface area contributed by atoms with E-state index >= 15 is 0 Å². The van der Waals surface area contributed by atoms with Crippen molar-refractivity contribution in [2.75, 3.05) is 24.7 Å². The molecule has 7 atom stereocenters. The highest BCUT2D eigenvalue weighted by molar-refractivity contribution is 6.34. The maximum absolute atomic E-state index is 14.8. The van der Waals surface area contributed by atoms with E-state index in [1.54, 1.807) is 30.3 Å². The van der Waals surface area contributed by atoms with Crippen LogP contribution in [0.4, 0.5) is 5.69 Å². The van der Waals surface area contributed by atoms with E-state index in [-0.39, 0.29) is 37.5 Å². The van der Waals surface area contributed by atoms with Crippen molar-refractivity contribution in [3.05, 3.63) is 54.6 Å². The van der Waals surface area contributed by atoms with Crippen LogP contribution in [0.25, 0.3) is 0 Å². The van der Waals surface area contributed by atoms with Crippen LogP contribution in [0.3, 0.4) is 0 Å². The number of hydrogen-bond donors (Lipinski definition) is 1. The van der Waals surface area contributed by atoms with E-state index in [9.17, 15) is 19.5 Å². The van der Waals surface area contributed by atoms with Gasteiger partial charge in [0.05, 0.1) is 41.5 Å². The molecular formula is C33H45ClN2O6. The summed E-state index contributed by atoms with van der Waals surface area (Å²) in [7, 11) is 0. The van der Waals surface area contributed by atoms with Crippen molar-refractivity contribution in [3.63, 3.8) is 0 Å². The number of amides is 2. The van der Waals surface area contributed by atoms with Crippen molar-refractivity contribution in [2.24, 2.45) is 17.8 Å². The largest absolute Gasteiger partial charge is 0.465 e. The molecule has 1 spiro atoms. The predicted molar refractivity (Wildman–Crippen MR) is 163 cm³/mol. The van der Waals surface area contributed by atoms with Gasteiger partial charge in [0.25, 0.3) is 5.91 Å². The zero-order chi connectivity index (χ0) is 30.7. The monoisotopic (exact) mass is 600 g/mol. The number of para-hydroxylation sites is 1. The number of carbonyl (C=O) groups is 3. The number of anilines is 1. The van der Waals surface area contributed by atoms with Gasteiger partial charge in [-0.05, 0) is 56.6 Å². The fourth-order valence-corrected chi connectivity index (χ4v) is 7.61. The topological polar surface area (TPSA) is 96.4 Å². The van der Waals surface area contributed by atoms with Gasteiger partial charge in [0.15, 0.2) is 0 Å². The van der Waals surface area contributed by atoms with E-state index in [4.69, 9.17) is 21.1 Å². The lowest BCUT2D eigenvalue weighted by Gasteiger charge is -2.41. The van der Waals surface area contributed by atoms with Gasteiger partial charge in [-0.25, -0.2) is 0 Å². The van der Waals surface area contributed by atoms with Crippen LogP contribution in [-0.4, -0.2) is 70.8 Å². The number of aliphatic hydroxyl groups excluding tert-OH is 1. The lowest BCUT2D eigenvalue weighted by atomic mass is 9.65. The van der Waals surface area contributed by atoms with E-state index in [1.165, 1.54) is 9.80 Å². The van der Waals surface area contributed by atoms with Crippen LogP contribution in [0.15, 0.2) is 49.6 Å². The number of allylic oxidation sites excluding steroid dienone is 1. The van der Waals surface area contributed by atoms with E-state index in [0.717, 1.165) is 12.8 Å². The Morgan fingerprint density at radius 1 is 1.24 bits per heavy atom. The zero-order valence-corrected chi connectivity index (χ0v) is 25.9. The number of unbranched alkanes of at least 4 members (excludes halogenated alkanes) is 2. The van der Waals surface area contributed by atoms with Crippen LogP contribution in [0.2, 0.25) is 5.02 Å². The second-order valence-electron chi connectivity index (χ2n) is 11.9. The summed E-state index contributed by atoms with van der Waals surface area (Å²) in [5, 5.41) is 11.0. The van der Waals surface area contributed by atoms with E-state index in [2.05, 4.69) is 13.2 Å². The Morgan fingerprint density at radius 2 is 1.98 bits per heavy atom. The van der Waals surface area contributed by atoms with Crippen molar-refractivity contribution in [2.45, 2.75) is 89.0 Å². The fourth-order valence-electron chi connectivity index (χ4n) is 7.37. The van der Waals surface area contributed by atoms with Crippen LogP contribution in [0.5, 0.6) is 0 Å². The lowest BCUT2D eigenvalue weighted by molar-refractivity contribution is -0.162. The Kier molecular flexibility index (Phi) is 10.2. The van der Waals surface area contributed by atoms with Gasteiger partial charge in [0.1, 0.15) is 17.6 Å². The standard InChI is InChI=1S/C33H45ClN2O6/c1-6-10-11-14-20-41-31(40)27-26-29(38)36(25(21-37)22(5)8-3)28(33(26)18-17-32(27,9-4)42-33)30(39)35(19-7-2)24-16-13-12-15-23(24)34/h6-7,12-13,15-16,22,25-28,37H,1-2,8-11,14,17-21H2,3-5H3/t22-,25-,26-,27+,28?,32-,33?/m0/s1. The number of fused-ring (bicyclic) bond motifs is 1. The number of likely N-dealkylation sites (tertiary alicyclic amines) is 1. The summed E-state index contributed by atoms with van der Waals surface area (Å²) >= 11 is 6.56. The Hall–Kier alpha value is -2.68. The molecule has 3 heterocycles. The Bertz CT molecular complexity index is 1190. The SMILES string of the molecule is C=CCCCCOC(=O)[C@H]1[C@H]2C(=O)N([C@@H](CO)[C@@H](C)CC)C(C(=O)N(CC=C)c3ccccc3Cl)C23CC[C@]1(CC)O3. The first kappa shape index (κ1) is 32.2. The summed E-state index contributed by atoms with van der Waals surface area (Å²) in [6.45, 7) is 13.6. The van der Waals surface area contributed by atoms with Gasteiger partial charge in [0, 0.05) is 6.54 Å². The second kappa shape index (κ2) is 13.3. The van der Waals surface area contributed by atoms with Crippen molar-refractivity contribution >= 4 is 35.1 Å². The molecule has 4 rings (SSSR count). The number of nitrogens with zero attached hydrogens (tertiary/aromatic N) is 2. The van der Waals surface area contributed by atoms with Crippen LogP contribution in [0.1, 0.15) is 65.7 Å². The Morgan fingerprint density at radius 3 is 2.60 bits per heavy atom. The Labute approximate surface area is 254 Å². The first-order chi connectivity index (χ1) is 20.2. The van der Waals surface area contributed by atoms with Gasteiger partial charge in [-0.1, -0.05) is 63.1 Å². The van der Waals surface area contributed by atoms with Crippen molar-refractivity contribution in [1.29, 1.82) is 0 Å². The number of halogens is 1. The van der Waals surface area contributed by atoms with E-state index in [1.807, 2.05) is 26.8 Å². The van der Waals surface area contributed by atoms with Gasteiger partial charge in [-0.2, -0.15) is 0 Å². The molecule has 2 unspecified atom stereocenters. The summed E-state index contributed by atoms with van der Waals surface area (Å²) in [6, 6.07) is 5.35. The summed E-state index contributed by atoms with van der Waals surface area (Å²) in [6.07, 6.45) is 7.98. The number of ether oxygens (including phenoxy) is 2. The minimum Gasteiger partial charge on any atom is -0.465 e. The average molecular weight is 601 g/mol. The molecule has 1 aromatic rings. The van der Waals surface area contributed by atoms with Gasteiger partial charge >= 0.3 is 5.97 Å². The molecule has 0 aliphatic carbocycles. The number of hydrogen-bond acceptors (Lipinski definition) is 6. The second-order valence-corrected chi connectivity index (χ2v) is 12.3. The van der Waals surface area contributed by atoms with E-state index in [0.29, 0.717) is 42.8 Å². The highest BCUT2D eigenvalue weighted by Gasteiger charge is 2.79. The molecule has 1 N–H and O–H groups in total. The zero-order valence-electron chi connectivity index (χ0n) is 25.1. The van der Waals surface area contributed by atoms with Crippen LogP contribution in [0, 0.1) is 17.8 Å². The quantitative estimate of drug-likeness (QED) is 0.166. The molecule has 3 aliphatic rings. The molecule has 8 nitrogen and oxygen atoms in total. The van der Waals surface area contributed by atoms with E-state index < -0.39 is 41.1 Å². The van der Waals surface area contributed by atoms with Gasteiger partial charge < -0.3 is 24.4 Å². The van der Waals surface area contributed by atoms with Gasteiger partial charge in [-0.15, -0.1) is 13.2 Å². The first-order valence-electron chi connectivity index (χ1n) is 15.2. The molecule has 2 amide bonds. The highest BCUT2D eigenvalue weighted by atomic mass is 35.5. The Balaban J connectivity index is 1.81. The molecule has 1 aromatic carbocycles. The molecule has 0 saturated carbocycles. The third kappa shape index (κ3) is 5.31. The average Bonchev–Trinajstić information content (AvgIpc) is 3.60. The third-order valence-electron chi connectivity index (χ3n) is 9.72. The lowest BCUT2D eigenvalue weighted by Crippen LogP contribution is -2.60. The highest BCUT2D eigenvalue weighted by Crippen LogP contribution is 2.65. The molecule has 3 fully saturated rings. The van der Waals surface area contributed by atoms with Crippen LogP contribution >= 0.6 is 11.6 Å². The number of aliphatic hydroxyl groups is 1. The molecule has 3 aliphatic heterocycles. The van der Waals surface area contributed by atoms with Gasteiger partial charge in [0.2, 0.25) is 5.91 Å². The molecule has 0 aromatic heterocycles. The predicted octanol–water partition coefficient (Wildman–Crippen LogP) is 5.32. The number of esters is 1. The number of rotatable bonds is 15. The van der Waals surface area contributed by atoms with Crippen molar-refractivity contribution in [3.8, 4) is 0 Å². The fraction of sp³-hybridized carbons (Fsp3) is 0.606. The molecule has 2 bridgehead atoms. The maximum atomic E-state index is 14.8. The normalized spacial score (nSPS) is 29.2. The summed E-state index contributed by atoms with van der Waals surface area (Å²) in [5.41, 5.74) is -1.64. The molecule has 42 heavy (non-hydrogen) atoms. The molecule has 230 valence electrons.